The topological polar surface area (TPSA) is 59.6 Å². The molecule has 0 aliphatic heterocycles. The SMILES string of the molecule is CC(C)Oc1ccc(NC(N)=NCc2ccccc2)cc1.I. The molecular weight excluding hydrogens is 389 g/mol. The van der Waals surface area contributed by atoms with E-state index in [1.807, 2.05) is 68.4 Å². The smallest absolute Gasteiger partial charge is 0.193 e. The van der Waals surface area contributed by atoms with Crippen molar-refractivity contribution in [1.82, 2.24) is 0 Å². The van der Waals surface area contributed by atoms with Crippen LogP contribution in [0.5, 0.6) is 5.75 Å². The number of anilines is 1. The molecule has 0 atom stereocenters. The van der Waals surface area contributed by atoms with Crippen molar-refractivity contribution >= 4 is 35.6 Å². The number of hydrogen-bond donors (Lipinski definition) is 2. The van der Waals surface area contributed by atoms with Gasteiger partial charge in [0.15, 0.2) is 5.96 Å². The van der Waals surface area contributed by atoms with Crippen LogP contribution < -0.4 is 15.8 Å². The lowest BCUT2D eigenvalue weighted by atomic mass is 10.2. The van der Waals surface area contributed by atoms with E-state index in [2.05, 4.69) is 10.3 Å². The predicted molar refractivity (Wildman–Crippen MR) is 103 cm³/mol. The average molecular weight is 411 g/mol. The van der Waals surface area contributed by atoms with E-state index in [0.29, 0.717) is 12.5 Å². The van der Waals surface area contributed by atoms with Gasteiger partial charge in [0, 0.05) is 5.69 Å². The molecule has 118 valence electrons. The molecule has 2 rings (SSSR count). The Morgan fingerprint density at radius 3 is 2.32 bits per heavy atom. The highest BCUT2D eigenvalue weighted by molar-refractivity contribution is 14.0. The molecule has 2 aromatic rings. The summed E-state index contributed by atoms with van der Waals surface area (Å²) in [7, 11) is 0. The monoisotopic (exact) mass is 411 g/mol. The summed E-state index contributed by atoms with van der Waals surface area (Å²) in [5.41, 5.74) is 7.90. The third-order valence-corrected chi connectivity index (χ3v) is 2.77. The summed E-state index contributed by atoms with van der Waals surface area (Å²) in [6.45, 7) is 4.56. The molecule has 0 heterocycles. The maximum absolute atomic E-state index is 5.88. The number of nitrogens with two attached hydrogens (primary N) is 1. The number of halogens is 1. The molecule has 2 aromatic carbocycles. The first kappa shape index (κ1) is 18.3. The van der Waals surface area contributed by atoms with Crippen LogP contribution in [0, 0.1) is 0 Å². The van der Waals surface area contributed by atoms with Crippen LogP contribution in [0.2, 0.25) is 0 Å². The number of nitrogens with zero attached hydrogens (tertiary/aromatic N) is 1. The molecule has 0 spiro atoms. The number of guanidine groups is 1. The normalized spacial score (nSPS) is 11.0. The van der Waals surface area contributed by atoms with Gasteiger partial charge in [-0.05, 0) is 43.7 Å². The molecule has 0 fully saturated rings. The van der Waals surface area contributed by atoms with Crippen molar-refractivity contribution < 1.29 is 4.74 Å². The van der Waals surface area contributed by atoms with Crippen molar-refractivity contribution in [3.8, 4) is 5.75 Å². The highest BCUT2D eigenvalue weighted by Crippen LogP contribution is 2.16. The van der Waals surface area contributed by atoms with Gasteiger partial charge in [-0.25, -0.2) is 4.99 Å². The first-order chi connectivity index (χ1) is 10.1. The largest absolute Gasteiger partial charge is 0.491 e. The second-order valence-corrected chi connectivity index (χ2v) is 5.00. The van der Waals surface area contributed by atoms with Gasteiger partial charge in [-0.2, -0.15) is 0 Å². The van der Waals surface area contributed by atoms with E-state index in [9.17, 15) is 0 Å². The van der Waals surface area contributed by atoms with Gasteiger partial charge in [0.1, 0.15) is 5.75 Å². The molecular formula is C17H22IN3O. The summed E-state index contributed by atoms with van der Waals surface area (Å²) in [6, 6.07) is 17.7. The van der Waals surface area contributed by atoms with Gasteiger partial charge >= 0.3 is 0 Å². The third kappa shape index (κ3) is 6.34. The molecule has 0 amide bonds. The van der Waals surface area contributed by atoms with Crippen molar-refractivity contribution in [1.29, 1.82) is 0 Å². The molecule has 3 N–H and O–H groups in total. The van der Waals surface area contributed by atoms with Gasteiger partial charge in [0.25, 0.3) is 0 Å². The Hall–Kier alpha value is -1.76. The van der Waals surface area contributed by atoms with Crippen LogP contribution in [0.4, 0.5) is 5.69 Å². The van der Waals surface area contributed by atoms with E-state index < -0.39 is 0 Å². The Morgan fingerprint density at radius 2 is 1.73 bits per heavy atom. The Morgan fingerprint density at radius 1 is 1.09 bits per heavy atom. The maximum atomic E-state index is 5.88. The first-order valence-electron chi connectivity index (χ1n) is 7.01. The lowest BCUT2D eigenvalue weighted by Gasteiger charge is -2.10. The fourth-order valence-corrected chi connectivity index (χ4v) is 1.84. The van der Waals surface area contributed by atoms with Crippen LogP contribution in [-0.4, -0.2) is 12.1 Å². The van der Waals surface area contributed by atoms with Crippen molar-refractivity contribution in [2.24, 2.45) is 10.7 Å². The summed E-state index contributed by atoms with van der Waals surface area (Å²) < 4.78 is 5.59. The molecule has 0 saturated carbocycles. The number of benzene rings is 2. The van der Waals surface area contributed by atoms with Gasteiger partial charge in [-0.3, -0.25) is 0 Å². The predicted octanol–water partition coefficient (Wildman–Crippen LogP) is 4.02. The number of nitrogens with one attached hydrogen (secondary N) is 1. The Labute approximate surface area is 148 Å². The summed E-state index contributed by atoms with van der Waals surface area (Å²) in [4.78, 5) is 4.31. The second kappa shape index (κ2) is 9.30. The van der Waals surface area contributed by atoms with E-state index in [4.69, 9.17) is 10.5 Å². The van der Waals surface area contributed by atoms with E-state index >= 15 is 0 Å². The number of aliphatic imine (C=N–C) groups is 1. The van der Waals surface area contributed by atoms with E-state index in [1.165, 1.54) is 0 Å². The van der Waals surface area contributed by atoms with E-state index in [-0.39, 0.29) is 30.1 Å². The quantitative estimate of drug-likeness (QED) is 0.444. The van der Waals surface area contributed by atoms with Crippen LogP contribution >= 0.6 is 24.0 Å². The summed E-state index contributed by atoms with van der Waals surface area (Å²) in [6.07, 6.45) is 0.168. The van der Waals surface area contributed by atoms with Crippen molar-refractivity contribution in [2.45, 2.75) is 26.5 Å². The fourth-order valence-electron chi connectivity index (χ4n) is 1.84. The summed E-state index contributed by atoms with van der Waals surface area (Å²) in [5.74, 6) is 1.24. The fraction of sp³-hybridized carbons (Fsp3) is 0.235. The van der Waals surface area contributed by atoms with Crippen LogP contribution in [0.3, 0.4) is 0 Å². The number of hydrogen-bond acceptors (Lipinski definition) is 2. The Bertz CT molecular complexity index is 583. The molecule has 0 aromatic heterocycles. The van der Waals surface area contributed by atoms with Crippen LogP contribution in [-0.2, 0) is 6.54 Å². The molecule has 0 bridgehead atoms. The van der Waals surface area contributed by atoms with Crippen LogP contribution in [0.15, 0.2) is 59.6 Å². The summed E-state index contributed by atoms with van der Waals surface area (Å²) in [5, 5.41) is 3.06. The van der Waals surface area contributed by atoms with Gasteiger partial charge in [0.2, 0.25) is 0 Å². The molecule has 0 aliphatic rings. The molecule has 0 unspecified atom stereocenters. The Balaban J connectivity index is 0.00000242. The van der Waals surface area contributed by atoms with Gasteiger partial charge in [-0.1, -0.05) is 30.3 Å². The minimum atomic E-state index is 0. The van der Waals surface area contributed by atoms with Crippen molar-refractivity contribution in [3.63, 3.8) is 0 Å². The zero-order chi connectivity index (χ0) is 15.1. The molecule has 0 radical (unpaired) electrons. The number of rotatable bonds is 5. The Kier molecular flexibility index (Phi) is 7.73. The van der Waals surface area contributed by atoms with Gasteiger partial charge < -0.3 is 15.8 Å². The number of ether oxygens (including phenoxy) is 1. The molecule has 4 nitrogen and oxygen atoms in total. The molecule has 0 aliphatic carbocycles. The molecule has 5 heteroatoms. The van der Waals surface area contributed by atoms with Crippen LogP contribution in [0.25, 0.3) is 0 Å². The molecule has 0 saturated heterocycles. The third-order valence-electron chi connectivity index (χ3n) is 2.77. The second-order valence-electron chi connectivity index (χ2n) is 5.00. The average Bonchev–Trinajstić information content (AvgIpc) is 2.48. The van der Waals surface area contributed by atoms with Gasteiger partial charge in [-0.15, -0.1) is 24.0 Å². The highest BCUT2D eigenvalue weighted by atomic mass is 127. The maximum Gasteiger partial charge on any atom is 0.193 e. The zero-order valence-corrected chi connectivity index (χ0v) is 15.2. The van der Waals surface area contributed by atoms with Crippen molar-refractivity contribution in [3.05, 3.63) is 60.2 Å². The lowest BCUT2D eigenvalue weighted by Crippen LogP contribution is -2.22. The standard InChI is InChI=1S/C17H21N3O.HI/c1-13(2)21-16-10-8-15(9-11-16)20-17(18)19-12-14-6-4-3-5-7-14;/h3-11,13H,12H2,1-2H3,(H3,18,19,20);1H. The van der Waals surface area contributed by atoms with Crippen molar-refractivity contribution in [2.75, 3.05) is 5.32 Å². The van der Waals surface area contributed by atoms with E-state index in [1.54, 1.807) is 0 Å². The van der Waals surface area contributed by atoms with Crippen LogP contribution in [0.1, 0.15) is 19.4 Å². The summed E-state index contributed by atoms with van der Waals surface area (Å²) >= 11 is 0. The lowest BCUT2D eigenvalue weighted by molar-refractivity contribution is 0.242. The minimum Gasteiger partial charge on any atom is -0.491 e. The van der Waals surface area contributed by atoms with E-state index in [0.717, 1.165) is 17.0 Å². The van der Waals surface area contributed by atoms with Gasteiger partial charge in [0.05, 0.1) is 12.6 Å². The molecule has 22 heavy (non-hydrogen) atoms. The first-order valence-corrected chi connectivity index (χ1v) is 7.01. The zero-order valence-electron chi connectivity index (χ0n) is 12.8. The minimum absolute atomic E-state index is 0. The highest BCUT2D eigenvalue weighted by Gasteiger charge is 1.99.